The van der Waals surface area contributed by atoms with E-state index in [1.165, 1.54) is 0 Å². The number of carbonyl (C=O) groups excluding carboxylic acids is 1. The second-order valence-electron chi connectivity index (χ2n) is 7.23. The number of benzene rings is 2. The Morgan fingerprint density at radius 1 is 1.31 bits per heavy atom. The van der Waals surface area contributed by atoms with Gasteiger partial charge in [-0.15, -0.1) is 0 Å². The lowest BCUT2D eigenvalue weighted by molar-refractivity contribution is -0.517. The maximum absolute atomic E-state index is 12.1. The fourth-order valence-corrected chi connectivity index (χ4v) is 3.57. The summed E-state index contributed by atoms with van der Waals surface area (Å²) in [6.07, 6.45) is 1.28. The summed E-state index contributed by atoms with van der Waals surface area (Å²) >= 11 is 0. The molecular weight excluding hydrogens is 370 g/mol. The maximum atomic E-state index is 12.1. The molecule has 0 N–H and O–H groups in total. The summed E-state index contributed by atoms with van der Waals surface area (Å²) in [6.45, 7) is 2.99. The number of fused-ring (bicyclic) bond motifs is 1. The highest BCUT2D eigenvalue weighted by atomic mass is 16.6. The molecular formula is C22H23N3O4. The number of rotatable bonds is 8. The molecule has 7 heteroatoms. The van der Waals surface area contributed by atoms with Crippen molar-refractivity contribution in [1.29, 1.82) is 5.26 Å². The molecule has 1 atom stereocenters. The van der Waals surface area contributed by atoms with Gasteiger partial charge in [0, 0.05) is 31.4 Å². The second-order valence-corrected chi connectivity index (χ2v) is 7.23. The van der Waals surface area contributed by atoms with Crippen LogP contribution in [0.25, 0.3) is 0 Å². The third-order valence-corrected chi connectivity index (χ3v) is 5.06. The van der Waals surface area contributed by atoms with Gasteiger partial charge in [-0.05, 0) is 29.2 Å². The van der Waals surface area contributed by atoms with Crippen LogP contribution in [0, 0.1) is 21.4 Å². The van der Waals surface area contributed by atoms with E-state index >= 15 is 0 Å². The van der Waals surface area contributed by atoms with E-state index in [2.05, 4.69) is 6.07 Å². The lowest BCUT2D eigenvalue weighted by atomic mass is 9.99. The molecule has 1 aliphatic heterocycles. The van der Waals surface area contributed by atoms with Gasteiger partial charge in [-0.3, -0.25) is 14.9 Å². The normalized spacial score (nSPS) is 13.4. The van der Waals surface area contributed by atoms with Crippen LogP contribution in [0.4, 0.5) is 5.69 Å². The van der Waals surface area contributed by atoms with Gasteiger partial charge in [-0.25, -0.2) is 0 Å². The summed E-state index contributed by atoms with van der Waals surface area (Å²) in [6, 6.07) is 14.7. The van der Waals surface area contributed by atoms with Gasteiger partial charge in [-0.1, -0.05) is 36.4 Å². The van der Waals surface area contributed by atoms with Gasteiger partial charge in [0.2, 0.25) is 6.04 Å². The van der Waals surface area contributed by atoms with Crippen molar-refractivity contribution >= 4 is 11.7 Å². The fourth-order valence-electron chi connectivity index (χ4n) is 3.57. The largest absolute Gasteiger partial charge is 0.461 e. The highest BCUT2D eigenvalue weighted by molar-refractivity contribution is 5.72. The first kappa shape index (κ1) is 20.3. The number of nitriles is 1. The Balaban J connectivity index is 1.62. The molecule has 0 spiro atoms. The fraction of sp³-hybridized carbons (Fsp3) is 0.364. The van der Waals surface area contributed by atoms with Crippen LogP contribution in [0.15, 0.2) is 42.5 Å². The topological polar surface area (TPSA) is 96.5 Å². The molecule has 0 aliphatic carbocycles. The molecule has 0 saturated heterocycles. The number of hydrogen-bond donors (Lipinski definition) is 0. The third-order valence-electron chi connectivity index (χ3n) is 5.06. The first-order valence-corrected chi connectivity index (χ1v) is 9.62. The molecule has 1 unspecified atom stereocenters. The van der Waals surface area contributed by atoms with Crippen molar-refractivity contribution in [1.82, 2.24) is 0 Å². The van der Waals surface area contributed by atoms with Gasteiger partial charge >= 0.3 is 5.97 Å². The van der Waals surface area contributed by atoms with Crippen molar-refractivity contribution in [3.8, 4) is 6.07 Å². The van der Waals surface area contributed by atoms with Crippen molar-refractivity contribution in [3.05, 3.63) is 74.8 Å². The van der Waals surface area contributed by atoms with E-state index in [4.69, 9.17) is 4.74 Å². The summed E-state index contributed by atoms with van der Waals surface area (Å²) in [5, 5.41) is 20.5. The van der Waals surface area contributed by atoms with Crippen LogP contribution >= 0.6 is 0 Å². The molecule has 1 heterocycles. The van der Waals surface area contributed by atoms with Crippen LogP contribution in [0.1, 0.15) is 35.6 Å². The zero-order chi connectivity index (χ0) is 20.8. The number of hydrogen-bond acceptors (Lipinski definition) is 6. The van der Waals surface area contributed by atoms with Crippen LogP contribution < -0.4 is 4.90 Å². The summed E-state index contributed by atoms with van der Waals surface area (Å²) < 4.78 is 5.32. The second kappa shape index (κ2) is 9.20. The van der Waals surface area contributed by atoms with E-state index in [0.717, 1.165) is 28.8 Å². The SMILES string of the molecule is CC(Cc1cc(C#N)c2c(c1)CCN2CCC(=O)OCc1ccccc1)[N+](=O)[O-]. The van der Waals surface area contributed by atoms with Gasteiger partial charge < -0.3 is 9.64 Å². The molecule has 7 nitrogen and oxygen atoms in total. The van der Waals surface area contributed by atoms with Crippen molar-refractivity contribution in [2.45, 2.75) is 38.8 Å². The minimum Gasteiger partial charge on any atom is -0.461 e. The number of ether oxygens (including phenoxy) is 1. The van der Waals surface area contributed by atoms with Crippen LogP contribution in [0.3, 0.4) is 0 Å². The molecule has 0 bridgehead atoms. The lowest BCUT2D eigenvalue weighted by Gasteiger charge is -2.20. The van der Waals surface area contributed by atoms with E-state index in [-0.39, 0.29) is 23.9 Å². The van der Waals surface area contributed by atoms with Crippen LogP contribution in [0.5, 0.6) is 0 Å². The Kier molecular flexibility index (Phi) is 6.45. The standard InChI is InChI=1S/C22H23N3O4/c1-16(25(27)28)11-18-12-19-7-9-24(22(19)20(13-18)14-23)10-8-21(26)29-15-17-5-3-2-4-6-17/h2-6,12-13,16H,7-11,15H2,1H3. The van der Waals surface area contributed by atoms with E-state index in [9.17, 15) is 20.2 Å². The number of esters is 1. The van der Waals surface area contributed by atoms with E-state index < -0.39 is 6.04 Å². The molecule has 0 radical (unpaired) electrons. The van der Waals surface area contributed by atoms with Gasteiger partial charge in [0.25, 0.3) is 0 Å². The van der Waals surface area contributed by atoms with Gasteiger partial charge in [0.15, 0.2) is 0 Å². The highest BCUT2D eigenvalue weighted by Crippen LogP contribution is 2.33. The highest BCUT2D eigenvalue weighted by Gasteiger charge is 2.25. The lowest BCUT2D eigenvalue weighted by Crippen LogP contribution is -2.25. The molecule has 3 rings (SSSR count). The number of nitro groups is 1. The van der Waals surface area contributed by atoms with Gasteiger partial charge in [-0.2, -0.15) is 5.26 Å². The minimum absolute atomic E-state index is 0.233. The summed E-state index contributed by atoms with van der Waals surface area (Å²) in [4.78, 5) is 24.7. The smallest absolute Gasteiger partial charge is 0.307 e. The van der Waals surface area contributed by atoms with E-state index in [1.54, 1.807) is 13.0 Å². The number of anilines is 1. The molecule has 2 aromatic rings. The van der Waals surface area contributed by atoms with E-state index in [1.807, 2.05) is 41.3 Å². The Morgan fingerprint density at radius 3 is 2.76 bits per heavy atom. The van der Waals surface area contributed by atoms with Gasteiger partial charge in [0.05, 0.1) is 17.7 Å². The van der Waals surface area contributed by atoms with Crippen molar-refractivity contribution in [2.75, 3.05) is 18.0 Å². The average Bonchev–Trinajstić information content (AvgIpc) is 3.13. The first-order valence-electron chi connectivity index (χ1n) is 9.62. The van der Waals surface area contributed by atoms with Crippen LogP contribution in [-0.4, -0.2) is 30.0 Å². The number of nitrogens with zero attached hydrogens (tertiary/aromatic N) is 3. The average molecular weight is 393 g/mol. The third kappa shape index (κ3) is 5.11. The van der Waals surface area contributed by atoms with Crippen molar-refractivity contribution in [2.24, 2.45) is 0 Å². The molecule has 0 saturated carbocycles. The zero-order valence-electron chi connectivity index (χ0n) is 16.3. The molecule has 0 fully saturated rings. The quantitative estimate of drug-likeness (QED) is 0.388. The van der Waals surface area contributed by atoms with E-state index in [0.29, 0.717) is 25.1 Å². The Hall–Kier alpha value is -3.40. The molecule has 29 heavy (non-hydrogen) atoms. The summed E-state index contributed by atoms with van der Waals surface area (Å²) in [5.41, 5.74) is 4.08. The molecule has 2 aromatic carbocycles. The molecule has 150 valence electrons. The van der Waals surface area contributed by atoms with Crippen LogP contribution in [-0.2, 0) is 29.0 Å². The molecule has 0 amide bonds. The predicted octanol–water partition coefficient (Wildman–Crippen LogP) is 3.26. The summed E-state index contributed by atoms with van der Waals surface area (Å²) in [5.74, 6) is -0.280. The van der Waals surface area contributed by atoms with Crippen molar-refractivity contribution < 1.29 is 14.5 Å². The Bertz CT molecular complexity index is 937. The zero-order valence-corrected chi connectivity index (χ0v) is 16.3. The maximum Gasteiger partial charge on any atom is 0.307 e. The molecule has 1 aliphatic rings. The molecule has 0 aromatic heterocycles. The Labute approximate surface area is 169 Å². The number of carbonyl (C=O) groups is 1. The monoisotopic (exact) mass is 393 g/mol. The minimum atomic E-state index is -0.698. The summed E-state index contributed by atoms with van der Waals surface area (Å²) in [7, 11) is 0. The van der Waals surface area contributed by atoms with Crippen LogP contribution in [0.2, 0.25) is 0 Å². The predicted molar refractivity (Wildman–Crippen MR) is 108 cm³/mol. The first-order chi connectivity index (χ1) is 14.0. The Morgan fingerprint density at radius 2 is 2.07 bits per heavy atom. The van der Waals surface area contributed by atoms with Crippen molar-refractivity contribution in [3.63, 3.8) is 0 Å². The van der Waals surface area contributed by atoms with Gasteiger partial charge in [0.1, 0.15) is 12.7 Å².